The summed E-state index contributed by atoms with van der Waals surface area (Å²) in [6, 6.07) is 8.37. The third-order valence-corrected chi connectivity index (χ3v) is 7.63. The molecule has 2 aromatic rings. The van der Waals surface area contributed by atoms with E-state index in [1.54, 1.807) is 6.20 Å². The number of nitrogens with one attached hydrogen (secondary N) is 1. The van der Waals surface area contributed by atoms with E-state index < -0.39 is 0 Å². The Bertz CT molecular complexity index is 971. The van der Waals surface area contributed by atoms with E-state index in [0.717, 1.165) is 57.7 Å². The minimum absolute atomic E-state index is 0.0629. The molecule has 0 bridgehead atoms. The fourth-order valence-corrected chi connectivity index (χ4v) is 5.62. The lowest BCUT2D eigenvalue weighted by atomic mass is 9.90. The van der Waals surface area contributed by atoms with E-state index in [1.165, 1.54) is 36.8 Å². The first kappa shape index (κ1) is 22.1. The van der Waals surface area contributed by atoms with Crippen molar-refractivity contribution in [3.05, 3.63) is 52.8 Å². The zero-order valence-electron chi connectivity index (χ0n) is 19.5. The highest BCUT2D eigenvalue weighted by atomic mass is 16.2. The molecule has 0 saturated carbocycles. The largest absolute Gasteiger partial charge is 0.342 e. The van der Waals surface area contributed by atoms with Crippen LogP contribution in [0.1, 0.15) is 71.6 Å². The van der Waals surface area contributed by atoms with Crippen molar-refractivity contribution in [3.8, 4) is 0 Å². The number of nitrogens with zero attached hydrogens (tertiary/aromatic N) is 4. The number of carbonyl (C=O) groups excluding carboxylic acids is 2. The third kappa shape index (κ3) is 4.98. The summed E-state index contributed by atoms with van der Waals surface area (Å²) in [5.41, 5.74) is 4.21. The lowest BCUT2D eigenvalue weighted by Crippen LogP contribution is -2.44. The number of likely N-dealkylation sites (tertiary alicyclic amines) is 2. The molecular formula is C26H35N5O2. The average molecular weight is 450 g/mol. The van der Waals surface area contributed by atoms with Crippen LogP contribution in [0.25, 0.3) is 0 Å². The van der Waals surface area contributed by atoms with E-state index in [2.05, 4.69) is 33.3 Å². The minimum atomic E-state index is 0.0629. The van der Waals surface area contributed by atoms with Gasteiger partial charge >= 0.3 is 0 Å². The summed E-state index contributed by atoms with van der Waals surface area (Å²) < 4.78 is 0. The zero-order chi connectivity index (χ0) is 22.6. The second-order valence-electron chi connectivity index (χ2n) is 9.79. The van der Waals surface area contributed by atoms with Crippen molar-refractivity contribution in [1.82, 2.24) is 24.9 Å². The van der Waals surface area contributed by atoms with E-state index in [-0.39, 0.29) is 17.7 Å². The molecule has 0 spiro atoms. The quantitative estimate of drug-likeness (QED) is 0.778. The summed E-state index contributed by atoms with van der Waals surface area (Å²) in [7, 11) is 0. The number of fused-ring (bicyclic) bond motifs is 1. The van der Waals surface area contributed by atoms with Crippen molar-refractivity contribution in [1.29, 1.82) is 0 Å². The molecule has 0 atom stereocenters. The standard InChI is InChI=1S/C26H35N5O2/c32-24(19-29-12-5-1-2-6-13-29)30-14-10-21(11-15-30)25-23(17-27-28-25)26(33)31-16-9-20-7-3-4-8-22(20)18-31/h3-4,7-8,17,21H,1-2,5-6,9-16,18-19H2,(H,27,28). The molecule has 3 aliphatic heterocycles. The molecule has 5 rings (SSSR count). The van der Waals surface area contributed by atoms with E-state index in [4.69, 9.17) is 0 Å². The number of aromatic amines is 1. The summed E-state index contributed by atoms with van der Waals surface area (Å²) in [4.78, 5) is 32.5. The first-order valence-corrected chi connectivity index (χ1v) is 12.6. The summed E-state index contributed by atoms with van der Waals surface area (Å²) in [5, 5.41) is 7.36. The number of hydrogen-bond acceptors (Lipinski definition) is 4. The zero-order valence-corrected chi connectivity index (χ0v) is 19.5. The van der Waals surface area contributed by atoms with Crippen molar-refractivity contribution in [2.24, 2.45) is 0 Å². The fourth-order valence-electron chi connectivity index (χ4n) is 5.62. The molecule has 33 heavy (non-hydrogen) atoms. The Balaban J connectivity index is 1.18. The van der Waals surface area contributed by atoms with Crippen molar-refractivity contribution in [3.63, 3.8) is 0 Å². The lowest BCUT2D eigenvalue weighted by molar-refractivity contribution is -0.133. The minimum Gasteiger partial charge on any atom is -0.342 e. The Hall–Kier alpha value is -2.67. The van der Waals surface area contributed by atoms with Crippen LogP contribution in [-0.2, 0) is 17.8 Å². The number of rotatable bonds is 4. The Morgan fingerprint density at radius 1 is 0.909 bits per heavy atom. The van der Waals surface area contributed by atoms with Gasteiger partial charge < -0.3 is 9.80 Å². The van der Waals surface area contributed by atoms with Gasteiger partial charge in [-0.15, -0.1) is 0 Å². The number of amides is 2. The van der Waals surface area contributed by atoms with Gasteiger partial charge in [-0.25, -0.2) is 0 Å². The Labute approximate surface area is 196 Å². The van der Waals surface area contributed by atoms with E-state index in [1.807, 2.05) is 15.9 Å². The highest BCUT2D eigenvalue weighted by Gasteiger charge is 2.31. The summed E-state index contributed by atoms with van der Waals surface area (Å²) in [6.07, 6.45) is 9.30. The van der Waals surface area contributed by atoms with E-state index >= 15 is 0 Å². The predicted octanol–water partition coefficient (Wildman–Crippen LogP) is 3.19. The molecule has 7 nitrogen and oxygen atoms in total. The van der Waals surface area contributed by atoms with Gasteiger partial charge in [-0.1, -0.05) is 37.1 Å². The molecule has 3 aliphatic rings. The maximum Gasteiger partial charge on any atom is 0.257 e. The van der Waals surface area contributed by atoms with Crippen LogP contribution < -0.4 is 0 Å². The third-order valence-electron chi connectivity index (χ3n) is 7.63. The van der Waals surface area contributed by atoms with Crippen molar-refractivity contribution in [2.45, 2.75) is 57.4 Å². The van der Waals surface area contributed by atoms with Crippen LogP contribution >= 0.6 is 0 Å². The van der Waals surface area contributed by atoms with Gasteiger partial charge in [0.25, 0.3) is 5.91 Å². The van der Waals surface area contributed by atoms with Gasteiger partial charge in [-0.05, 0) is 56.3 Å². The highest BCUT2D eigenvalue weighted by Crippen LogP contribution is 2.30. The Kier molecular flexibility index (Phi) is 6.76. The lowest BCUT2D eigenvalue weighted by Gasteiger charge is -2.34. The second kappa shape index (κ2) is 10.1. The first-order valence-electron chi connectivity index (χ1n) is 12.6. The molecule has 2 fully saturated rings. The van der Waals surface area contributed by atoms with Gasteiger partial charge in [0.2, 0.25) is 5.91 Å². The summed E-state index contributed by atoms with van der Waals surface area (Å²) >= 11 is 0. The molecule has 4 heterocycles. The van der Waals surface area contributed by atoms with Crippen LogP contribution in [0.2, 0.25) is 0 Å². The molecular weight excluding hydrogens is 414 g/mol. The number of piperidine rings is 1. The predicted molar refractivity (Wildman–Crippen MR) is 127 cm³/mol. The molecule has 1 N–H and O–H groups in total. The van der Waals surface area contributed by atoms with Gasteiger partial charge in [-0.3, -0.25) is 19.6 Å². The summed E-state index contributed by atoms with van der Waals surface area (Å²) in [6.45, 7) is 5.54. The van der Waals surface area contributed by atoms with Gasteiger partial charge in [0.05, 0.1) is 24.0 Å². The maximum atomic E-state index is 13.4. The molecule has 176 valence electrons. The second-order valence-corrected chi connectivity index (χ2v) is 9.79. The van der Waals surface area contributed by atoms with Crippen LogP contribution in [0.4, 0.5) is 0 Å². The maximum absolute atomic E-state index is 13.4. The van der Waals surface area contributed by atoms with Crippen LogP contribution in [0.3, 0.4) is 0 Å². The fraction of sp³-hybridized carbons (Fsp3) is 0.577. The van der Waals surface area contributed by atoms with E-state index in [0.29, 0.717) is 18.7 Å². The molecule has 0 unspecified atom stereocenters. The highest BCUT2D eigenvalue weighted by molar-refractivity contribution is 5.95. The Morgan fingerprint density at radius 3 is 2.39 bits per heavy atom. The average Bonchev–Trinajstić information content (AvgIpc) is 3.21. The van der Waals surface area contributed by atoms with Crippen molar-refractivity contribution >= 4 is 11.8 Å². The van der Waals surface area contributed by atoms with Crippen LogP contribution in [0.15, 0.2) is 30.5 Å². The normalized spacial score (nSPS) is 20.4. The number of aromatic nitrogens is 2. The SMILES string of the molecule is O=C(CN1CCCCCC1)N1CCC(c2[nH]ncc2C(=O)N2CCc3ccccc3C2)CC1. The van der Waals surface area contributed by atoms with Crippen LogP contribution in [0.5, 0.6) is 0 Å². The number of carbonyl (C=O) groups is 2. The van der Waals surface area contributed by atoms with Gasteiger partial charge in [0, 0.05) is 32.1 Å². The van der Waals surface area contributed by atoms with Crippen LogP contribution in [-0.4, -0.2) is 76.0 Å². The van der Waals surface area contributed by atoms with Crippen LogP contribution in [0, 0.1) is 0 Å². The molecule has 2 saturated heterocycles. The van der Waals surface area contributed by atoms with E-state index in [9.17, 15) is 9.59 Å². The first-order chi connectivity index (χ1) is 16.2. The molecule has 7 heteroatoms. The topological polar surface area (TPSA) is 72.5 Å². The smallest absolute Gasteiger partial charge is 0.257 e. The Morgan fingerprint density at radius 2 is 1.64 bits per heavy atom. The van der Waals surface area contributed by atoms with Crippen molar-refractivity contribution < 1.29 is 9.59 Å². The van der Waals surface area contributed by atoms with Gasteiger partial charge in [0.15, 0.2) is 0 Å². The van der Waals surface area contributed by atoms with Gasteiger partial charge in [-0.2, -0.15) is 5.10 Å². The van der Waals surface area contributed by atoms with Gasteiger partial charge in [0.1, 0.15) is 0 Å². The number of H-pyrrole nitrogens is 1. The monoisotopic (exact) mass is 449 g/mol. The number of hydrogen-bond donors (Lipinski definition) is 1. The molecule has 1 aromatic carbocycles. The summed E-state index contributed by atoms with van der Waals surface area (Å²) in [5.74, 6) is 0.557. The van der Waals surface area contributed by atoms with Crippen molar-refractivity contribution in [2.75, 3.05) is 39.3 Å². The number of benzene rings is 1. The molecule has 2 amide bonds. The molecule has 0 aliphatic carbocycles. The molecule has 1 aromatic heterocycles. The molecule has 0 radical (unpaired) electrons.